The number of nitrogens with one attached hydrogen (secondary N) is 1. The van der Waals surface area contributed by atoms with Crippen LogP contribution in [0.3, 0.4) is 0 Å². The monoisotopic (exact) mass is 335 g/mol. The molecule has 2 bridgehead atoms. The number of fused-ring (bicyclic) bond motifs is 3. The van der Waals surface area contributed by atoms with E-state index < -0.39 is 0 Å². The summed E-state index contributed by atoms with van der Waals surface area (Å²) in [6, 6.07) is 0.642. The summed E-state index contributed by atoms with van der Waals surface area (Å²) in [5.74, 6) is 1.95. The third kappa shape index (κ3) is 4.03. The Labute approximate surface area is 146 Å². The van der Waals surface area contributed by atoms with Crippen LogP contribution in [0.4, 0.5) is 0 Å². The highest BCUT2D eigenvalue weighted by atomic mass is 16.5. The van der Waals surface area contributed by atoms with Crippen molar-refractivity contribution in [2.75, 3.05) is 66.0 Å². The van der Waals surface area contributed by atoms with Gasteiger partial charge in [0.15, 0.2) is 5.96 Å². The molecule has 4 aliphatic heterocycles. The molecule has 0 aromatic carbocycles. The molecular weight excluding hydrogens is 302 g/mol. The van der Waals surface area contributed by atoms with E-state index in [1.54, 1.807) is 0 Å². The van der Waals surface area contributed by atoms with Crippen molar-refractivity contribution in [1.29, 1.82) is 0 Å². The molecule has 5 fully saturated rings. The molecule has 5 aliphatic rings. The second-order valence-corrected chi connectivity index (χ2v) is 7.88. The molecule has 1 N–H and O–H groups in total. The van der Waals surface area contributed by atoms with E-state index in [4.69, 9.17) is 4.74 Å². The molecule has 136 valence electrons. The van der Waals surface area contributed by atoms with Crippen LogP contribution in [0.1, 0.15) is 25.7 Å². The van der Waals surface area contributed by atoms with Gasteiger partial charge in [-0.05, 0) is 31.6 Å². The number of likely N-dealkylation sites (tertiary alicyclic amines) is 1. The summed E-state index contributed by atoms with van der Waals surface area (Å²) >= 11 is 0. The maximum atomic E-state index is 6.06. The Morgan fingerprint density at radius 2 is 1.79 bits per heavy atom. The van der Waals surface area contributed by atoms with E-state index in [0.29, 0.717) is 12.1 Å². The van der Waals surface area contributed by atoms with Crippen LogP contribution in [0.25, 0.3) is 0 Å². The lowest BCUT2D eigenvalue weighted by Gasteiger charge is -2.47. The average Bonchev–Trinajstić information content (AvgIpc) is 3.47. The highest BCUT2D eigenvalue weighted by Crippen LogP contribution is 2.30. The van der Waals surface area contributed by atoms with E-state index in [9.17, 15) is 0 Å². The minimum absolute atomic E-state index is 0.466. The van der Waals surface area contributed by atoms with E-state index in [1.165, 1.54) is 45.6 Å². The van der Waals surface area contributed by atoms with Crippen molar-refractivity contribution in [2.24, 2.45) is 10.9 Å². The van der Waals surface area contributed by atoms with Crippen molar-refractivity contribution >= 4 is 5.96 Å². The molecule has 0 amide bonds. The first-order valence-corrected chi connectivity index (χ1v) is 9.85. The van der Waals surface area contributed by atoms with Crippen molar-refractivity contribution < 1.29 is 4.74 Å². The molecule has 0 radical (unpaired) electrons. The quantitative estimate of drug-likeness (QED) is 0.584. The Morgan fingerprint density at radius 3 is 2.38 bits per heavy atom. The topological polar surface area (TPSA) is 43.3 Å². The van der Waals surface area contributed by atoms with Crippen molar-refractivity contribution in [1.82, 2.24) is 20.0 Å². The Bertz CT molecular complexity index is 437. The minimum Gasteiger partial charge on any atom is -0.378 e. The van der Waals surface area contributed by atoms with Gasteiger partial charge in [-0.1, -0.05) is 0 Å². The first kappa shape index (κ1) is 16.6. The summed E-state index contributed by atoms with van der Waals surface area (Å²) in [6.45, 7) is 10.3. The molecule has 5 rings (SSSR count). The van der Waals surface area contributed by atoms with Gasteiger partial charge in [0.1, 0.15) is 0 Å². The smallest absolute Gasteiger partial charge is 0.193 e. The first-order chi connectivity index (χ1) is 11.8. The zero-order chi connectivity index (χ0) is 16.4. The third-order valence-electron chi connectivity index (χ3n) is 6.11. The number of ether oxygens (including phenoxy) is 1. The minimum atomic E-state index is 0.466. The standard InChI is InChI=1S/C18H33N5O/c1-19-18(20-12-16-13-21-8-10-22(16)11-9-21)23-6-4-17(5-7-23)24-14-15-2-3-15/h15-17H,2-14H2,1H3,(H,19,20). The fourth-order valence-corrected chi connectivity index (χ4v) is 4.25. The number of piperazine rings is 3. The van der Waals surface area contributed by atoms with Gasteiger partial charge in [-0.3, -0.25) is 14.8 Å². The molecule has 6 heteroatoms. The van der Waals surface area contributed by atoms with Gasteiger partial charge >= 0.3 is 0 Å². The summed E-state index contributed by atoms with van der Waals surface area (Å²) < 4.78 is 6.06. The second-order valence-electron chi connectivity index (χ2n) is 7.88. The van der Waals surface area contributed by atoms with E-state index in [0.717, 1.165) is 51.0 Å². The number of guanidine groups is 1. The first-order valence-electron chi connectivity index (χ1n) is 9.85. The van der Waals surface area contributed by atoms with Gasteiger partial charge < -0.3 is 15.0 Å². The van der Waals surface area contributed by atoms with Crippen molar-refractivity contribution in [3.05, 3.63) is 0 Å². The van der Waals surface area contributed by atoms with Crippen LogP contribution >= 0.6 is 0 Å². The maximum absolute atomic E-state index is 6.06. The predicted octanol–water partition coefficient (Wildman–Crippen LogP) is 0.453. The van der Waals surface area contributed by atoms with E-state index >= 15 is 0 Å². The van der Waals surface area contributed by atoms with Crippen molar-refractivity contribution in [2.45, 2.75) is 37.8 Å². The van der Waals surface area contributed by atoms with Gasteiger partial charge in [0.2, 0.25) is 0 Å². The summed E-state index contributed by atoms with van der Waals surface area (Å²) in [6.07, 6.45) is 5.50. The third-order valence-corrected chi connectivity index (χ3v) is 6.11. The van der Waals surface area contributed by atoms with Crippen LogP contribution in [-0.4, -0.2) is 98.8 Å². The maximum Gasteiger partial charge on any atom is 0.193 e. The normalized spacial score (nSPS) is 34.6. The Kier molecular flexibility index (Phi) is 5.25. The molecule has 4 heterocycles. The molecule has 1 atom stereocenters. The number of aliphatic imine (C=N–C) groups is 1. The molecule has 0 aromatic heterocycles. The molecule has 0 aromatic rings. The average molecular weight is 335 g/mol. The number of hydrogen-bond donors (Lipinski definition) is 1. The van der Waals surface area contributed by atoms with Crippen molar-refractivity contribution in [3.8, 4) is 0 Å². The largest absolute Gasteiger partial charge is 0.378 e. The fraction of sp³-hybridized carbons (Fsp3) is 0.944. The molecular formula is C18H33N5O. The van der Waals surface area contributed by atoms with E-state index in [1.807, 2.05) is 7.05 Å². The summed E-state index contributed by atoms with van der Waals surface area (Å²) in [7, 11) is 1.91. The number of piperidine rings is 1. The van der Waals surface area contributed by atoms with Crippen LogP contribution < -0.4 is 5.32 Å². The molecule has 6 nitrogen and oxygen atoms in total. The predicted molar refractivity (Wildman–Crippen MR) is 96.4 cm³/mol. The van der Waals surface area contributed by atoms with Gasteiger partial charge in [-0.15, -0.1) is 0 Å². The molecule has 24 heavy (non-hydrogen) atoms. The Morgan fingerprint density at radius 1 is 1.04 bits per heavy atom. The highest BCUT2D eigenvalue weighted by Gasteiger charge is 2.32. The van der Waals surface area contributed by atoms with Crippen LogP contribution in [0.15, 0.2) is 4.99 Å². The number of nitrogens with zero attached hydrogens (tertiary/aromatic N) is 4. The lowest BCUT2D eigenvalue weighted by atomic mass is 10.1. The molecule has 1 unspecified atom stereocenters. The Balaban J connectivity index is 1.20. The van der Waals surface area contributed by atoms with Gasteiger partial charge in [0.25, 0.3) is 0 Å². The lowest BCUT2D eigenvalue weighted by molar-refractivity contribution is 0.0106. The molecule has 4 saturated heterocycles. The summed E-state index contributed by atoms with van der Waals surface area (Å²) in [5, 5.41) is 3.64. The van der Waals surface area contributed by atoms with Crippen LogP contribution in [-0.2, 0) is 4.74 Å². The van der Waals surface area contributed by atoms with E-state index in [-0.39, 0.29) is 0 Å². The molecule has 1 saturated carbocycles. The summed E-state index contributed by atoms with van der Waals surface area (Å²) in [4.78, 5) is 12.2. The zero-order valence-electron chi connectivity index (χ0n) is 15.1. The van der Waals surface area contributed by atoms with Gasteiger partial charge in [-0.2, -0.15) is 0 Å². The van der Waals surface area contributed by atoms with Crippen LogP contribution in [0, 0.1) is 5.92 Å². The lowest BCUT2D eigenvalue weighted by Crippen LogP contribution is -2.64. The van der Waals surface area contributed by atoms with Gasteiger partial charge in [0.05, 0.1) is 6.10 Å². The highest BCUT2D eigenvalue weighted by molar-refractivity contribution is 5.80. The second kappa shape index (κ2) is 7.58. The SMILES string of the molecule is CN=C(NCC1CN2CCN1CC2)N1CCC(OCC2CC2)CC1. The molecule has 1 aliphatic carbocycles. The van der Waals surface area contributed by atoms with E-state index in [2.05, 4.69) is 25.0 Å². The molecule has 0 spiro atoms. The number of rotatable bonds is 5. The van der Waals surface area contributed by atoms with Gasteiger partial charge in [-0.25, -0.2) is 0 Å². The number of hydrogen-bond acceptors (Lipinski definition) is 4. The zero-order valence-corrected chi connectivity index (χ0v) is 15.1. The van der Waals surface area contributed by atoms with Crippen LogP contribution in [0.2, 0.25) is 0 Å². The van der Waals surface area contributed by atoms with Crippen molar-refractivity contribution in [3.63, 3.8) is 0 Å². The Hall–Kier alpha value is -0.850. The summed E-state index contributed by atoms with van der Waals surface area (Å²) in [5.41, 5.74) is 0. The van der Waals surface area contributed by atoms with Gasteiger partial charge in [0, 0.05) is 72.1 Å². The fourth-order valence-electron chi connectivity index (χ4n) is 4.25. The van der Waals surface area contributed by atoms with Crippen LogP contribution in [0.5, 0.6) is 0 Å².